The van der Waals surface area contributed by atoms with Crippen molar-refractivity contribution in [3.8, 4) is 0 Å². The summed E-state index contributed by atoms with van der Waals surface area (Å²) in [5.74, 6) is 1.85. The first-order valence-corrected chi connectivity index (χ1v) is 12.9. The fourth-order valence-corrected chi connectivity index (χ4v) is 7.85. The molecule has 1 aliphatic carbocycles. The smallest absolute Gasteiger partial charge is 0.105 e. The molecule has 30 heavy (non-hydrogen) atoms. The van der Waals surface area contributed by atoms with E-state index in [4.69, 9.17) is 0 Å². The highest BCUT2D eigenvalue weighted by molar-refractivity contribution is 7.79. The van der Waals surface area contributed by atoms with Gasteiger partial charge in [-0.25, -0.2) is 0 Å². The summed E-state index contributed by atoms with van der Waals surface area (Å²) >= 11 is 0. The van der Waals surface area contributed by atoms with Crippen molar-refractivity contribution in [2.24, 2.45) is 11.8 Å². The summed E-state index contributed by atoms with van der Waals surface area (Å²) in [5, 5.41) is 4.57. The van der Waals surface area contributed by atoms with Crippen LogP contribution in [0.25, 0.3) is 0 Å². The number of halogens is 1. The number of hydrogen-bond acceptors (Lipinski definition) is 0. The van der Waals surface area contributed by atoms with Crippen LogP contribution in [0.4, 0.5) is 0 Å². The molecule has 158 valence electrons. The van der Waals surface area contributed by atoms with Crippen LogP contribution in [0.2, 0.25) is 0 Å². The zero-order valence-corrected chi connectivity index (χ0v) is 20.7. The van der Waals surface area contributed by atoms with Crippen LogP contribution in [0.3, 0.4) is 0 Å². The Balaban J connectivity index is 0.00000256. The first kappa shape index (κ1) is 23.2. The predicted octanol–water partition coefficient (Wildman–Crippen LogP) is 3.33. The van der Waals surface area contributed by atoms with Gasteiger partial charge in [0, 0.05) is 0 Å². The average Bonchev–Trinajstić information content (AvgIpc) is 2.78. The molecule has 0 nitrogen and oxygen atoms in total. The third-order valence-electron chi connectivity index (χ3n) is 6.58. The Kier molecular flexibility index (Phi) is 9.16. The van der Waals surface area contributed by atoms with Crippen molar-refractivity contribution in [3.05, 3.63) is 90.5 Å². The van der Waals surface area contributed by atoms with E-state index in [0.29, 0.717) is 0 Å². The van der Waals surface area contributed by atoms with E-state index in [1.807, 2.05) is 0 Å². The lowest BCUT2D eigenvalue weighted by Gasteiger charge is -2.28. The second-order valence-electron chi connectivity index (χ2n) is 8.64. The normalized spacial score (nSPS) is 18.7. The maximum absolute atomic E-state index is 2.41. The van der Waals surface area contributed by atoms with Gasteiger partial charge >= 0.3 is 0 Å². The van der Waals surface area contributed by atoms with Gasteiger partial charge in [0.25, 0.3) is 0 Å². The molecule has 0 aromatic heterocycles. The van der Waals surface area contributed by atoms with Gasteiger partial charge in [-0.3, -0.25) is 0 Å². The standard InChI is InChI=1S/C28H33P.BrH/c1-2-11-23-18-20-24(21-19-23)22-25-12-9-10-17-28(25)29(26-13-5-3-6-14-26)27-15-7-4-8-16-27;/h3-10,12-17,23-24H,2,11,18-22H2,1H3;1H. The topological polar surface area (TPSA) is 0 Å². The third kappa shape index (κ3) is 5.83. The quantitative estimate of drug-likeness (QED) is 0.455. The lowest BCUT2D eigenvalue weighted by Crippen LogP contribution is -3.00. The Morgan fingerprint density at radius 3 is 1.73 bits per heavy atom. The second-order valence-corrected chi connectivity index (χ2v) is 11.1. The average molecular weight is 481 g/mol. The highest BCUT2D eigenvalue weighted by atomic mass is 79.9. The zero-order chi connectivity index (χ0) is 19.9. The molecule has 0 radical (unpaired) electrons. The minimum absolute atomic E-state index is 0. The maximum Gasteiger partial charge on any atom is 0.105 e. The second kappa shape index (κ2) is 11.8. The Morgan fingerprint density at radius 2 is 1.17 bits per heavy atom. The van der Waals surface area contributed by atoms with E-state index in [2.05, 4.69) is 91.9 Å². The summed E-state index contributed by atoms with van der Waals surface area (Å²) in [7, 11) is -0.976. The lowest BCUT2D eigenvalue weighted by atomic mass is 9.78. The summed E-state index contributed by atoms with van der Waals surface area (Å²) in [6, 6.07) is 31.7. The molecular formula is C28H34BrP. The highest BCUT2D eigenvalue weighted by Crippen LogP contribution is 2.37. The molecule has 0 saturated heterocycles. The predicted molar refractivity (Wildman–Crippen MR) is 131 cm³/mol. The molecule has 0 heterocycles. The van der Waals surface area contributed by atoms with Gasteiger partial charge in [-0.1, -0.05) is 87.2 Å². The number of rotatable bonds is 7. The van der Waals surface area contributed by atoms with Crippen LogP contribution < -0.4 is 32.9 Å². The number of benzene rings is 3. The van der Waals surface area contributed by atoms with Crippen molar-refractivity contribution in [1.29, 1.82) is 0 Å². The van der Waals surface area contributed by atoms with E-state index in [-0.39, 0.29) is 17.0 Å². The molecule has 4 rings (SSSR count). The molecule has 2 heteroatoms. The van der Waals surface area contributed by atoms with Gasteiger partial charge in [0.05, 0.1) is 7.92 Å². The van der Waals surface area contributed by atoms with Crippen molar-refractivity contribution < 1.29 is 17.0 Å². The van der Waals surface area contributed by atoms with E-state index >= 15 is 0 Å². The Hall–Kier alpha value is -1.43. The van der Waals surface area contributed by atoms with Crippen molar-refractivity contribution in [3.63, 3.8) is 0 Å². The van der Waals surface area contributed by atoms with Crippen LogP contribution in [0.1, 0.15) is 51.0 Å². The summed E-state index contributed by atoms with van der Waals surface area (Å²) in [6.07, 6.45) is 9.74. The summed E-state index contributed by atoms with van der Waals surface area (Å²) < 4.78 is 0. The summed E-state index contributed by atoms with van der Waals surface area (Å²) in [4.78, 5) is 0. The molecule has 3 aromatic carbocycles. The molecule has 0 unspecified atom stereocenters. The largest absolute Gasteiger partial charge is 1.00 e. The molecule has 0 atom stereocenters. The van der Waals surface area contributed by atoms with Crippen LogP contribution in [0.5, 0.6) is 0 Å². The first-order valence-electron chi connectivity index (χ1n) is 11.4. The maximum atomic E-state index is 2.41. The zero-order valence-electron chi connectivity index (χ0n) is 18.1. The Bertz CT molecular complexity index is 830. The molecule has 0 spiro atoms. The van der Waals surface area contributed by atoms with Crippen LogP contribution in [0.15, 0.2) is 84.9 Å². The van der Waals surface area contributed by atoms with Crippen LogP contribution in [0, 0.1) is 11.8 Å². The molecule has 0 bridgehead atoms. The van der Waals surface area contributed by atoms with Gasteiger partial charge in [-0.15, -0.1) is 0 Å². The van der Waals surface area contributed by atoms with Crippen molar-refractivity contribution >= 4 is 23.8 Å². The van der Waals surface area contributed by atoms with Gasteiger partial charge in [-0.05, 0) is 67.0 Å². The van der Waals surface area contributed by atoms with Gasteiger partial charge in [-0.2, -0.15) is 0 Å². The molecule has 1 aliphatic rings. The molecule has 0 N–H and O–H groups in total. The van der Waals surface area contributed by atoms with Gasteiger partial charge < -0.3 is 17.0 Å². The minimum atomic E-state index is -0.976. The molecule has 1 saturated carbocycles. The molecule has 0 amide bonds. The molecule has 0 aliphatic heterocycles. The van der Waals surface area contributed by atoms with E-state index in [1.165, 1.54) is 55.6 Å². The van der Waals surface area contributed by atoms with Crippen LogP contribution in [-0.2, 0) is 6.42 Å². The van der Waals surface area contributed by atoms with E-state index in [0.717, 1.165) is 11.8 Å². The monoisotopic (exact) mass is 480 g/mol. The third-order valence-corrected chi connectivity index (χ3v) is 9.43. The van der Waals surface area contributed by atoms with E-state index in [9.17, 15) is 0 Å². The van der Waals surface area contributed by atoms with Gasteiger partial charge in [0.2, 0.25) is 0 Å². The summed E-state index contributed by atoms with van der Waals surface area (Å²) in [5.41, 5.74) is 1.59. The van der Waals surface area contributed by atoms with Crippen LogP contribution in [-0.4, -0.2) is 0 Å². The van der Waals surface area contributed by atoms with Gasteiger partial charge in [0.15, 0.2) is 0 Å². The van der Waals surface area contributed by atoms with Gasteiger partial charge in [0.1, 0.15) is 15.9 Å². The number of hydrogen-bond donors (Lipinski definition) is 0. The van der Waals surface area contributed by atoms with E-state index < -0.39 is 7.92 Å². The fraction of sp³-hybridized carbons (Fsp3) is 0.357. The van der Waals surface area contributed by atoms with E-state index in [1.54, 1.807) is 10.9 Å². The van der Waals surface area contributed by atoms with Crippen LogP contribution >= 0.6 is 7.92 Å². The molecule has 3 aromatic rings. The first-order chi connectivity index (χ1) is 14.3. The van der Waals surface area contributed by atoms with Crippen molar-refractivity contribution in [1.82, 2.24) is 0 Å². The van der Waals surface area contributed by atoms with Crippen molar-refractivity contribution in [2.75, 3.05) is 0 Å². The minimum Gasteiger partial charge on any atom is -1.00 e. The Morgan fingerprint density at radius 1 is 0.667 bits per heavy atom. The molecular weight excluding hydrogens is 447 g/mol. The van der Waals surface area contributed by atoms with Crippen molar-refractivity contribution in [2.45, 2.75) is 51.9 Å². The molecule has 1 fully saturated rings. The Labute approximate surface area is 194 Å². The SMILES string of the molecule is CCCC1CCC(Cc2ccccc2[PH+](c2ccccc2)c2ccccc2)CC1.[Br-]. The highest BCUT2D eigenvalue weighted by Gasteiger charge is 2.29. The summed E-state index contributed by atoms with van der Waals surface area (Å²) in [6.45, 7) is 2.33. The lowest BCUT2D eigenvalue weighted by molar-refractivity contribution is -0.00000581. The fourth-order valence-electron chi connectivity index (χ4n) is 5.07.